The SMILES string of the molecule is Bc1ccc2c(c1)C(NC)=CC(NC)(NC)N2C(=O)OC(C)(C)C. The number of nitrogens with one attached hydrogen (secondary N) is 3. The molecule has 1 aliphatic rings. The van der Waals surface area contributed by atoms with Crippen molar-refractivity contribution in [2.45, 2.75) is 32.2 Å². The molecule has 1 aromatic carbocycles. The van der Waals surface area contributed by atoms with E-state index in [0.717, 1.165) is 22.4 Å². The molecule has 1 aromatic rings. The van der Waals surface area contributed by atoms with Crippen LogP contribution in [-0.4, -0.2) is 46.5 Å². The molecule has 24 heavy (non-hydrogen) atoms. The lowest BCUT2D eigenvalue weighted by molar-refractivity contribution is 0.0529. The van der Waals surface area contributed by atoms with Gasteiger partial charge in [0.15, 0.2) is 5.79 Å². The van der Waals surface area contributed by atoms with Crippen molar-refractivity contribution < 1.29 is 9.53 Å². The Hall–Kier alpha value is -1.99. The second kappa shape index (κ2) is 6.49. The first kappa shape index (κ1) is 18.4. The van der Waals surface area contributed by atoms with E-state index in [2.05, 4.69) is 22.0 Å². The molecule has 6 nitrogen and oxygen atoms in total. The van der Waals surface area contributed by atoms with Gasteiger partial charge in [-0.25, -0.2) is 9.69 Å². The molecule has 1 aliphatic heterocycles. The normalized spacial score (nSPS) is 16.2. The third-order valence-electron chi connectivity index (χ3n) is 4.00. The lowest BCUT2D eigenvalue weighted by atomic mass is 9.90. The first-order valence-electron chi connectivity index (χ1n) is 8.10. The highest BCUT2D eigenvalue weighted by Crippen LogP contribution is 2.36. The maximum atomic E-state index is 13.0. The third-order valence-corrected chi connectivity index (χ3v) is 4.00. The van der Waals surface area contributed by atoms with E-state index in [4.69, 9.17) is 4.74 Å². The molecule has 0 radical (unpaired) electrons. The van der Waals surface area contributed by atoms with Gasteiger partial charge in [-0.1, -0.05) is 17.6 Å². The highest BCUT2D eigenvalue weighted by atomic mass is 16.6. The van der Waals surface area contributed by atoms with Crippen LogP contribution in [0.1, 0.15) is 26.3 Å². The number of carbonyl (C=O) groups is 1. The molecule has 0 saturated heterocycles. The van der Waals surface area contributed by atoms with Gasteiger partial charge in [-0.3, -0.25) is 10.6 Å². The molecule has 0 fully saturated rings. The van der Waals surface area contributed by atoms with Crippen LogP contribution in [0, 0.1) is 0 Å². The van der Waals surface area contributed by atoms with E-state index >= 15 is 0 Å². The predicted molar refractivity (Wildman–Crippen MR) is 101 cm³/mol. The topological polar surface area (TPSA) is 65.6 Å². The monoisotopic (exact) mass is 330 g/mol. The minimum Gasteiger partial charge on any atom is -0.443 e. The summed E-state index contributed by atoms with van der Waals surface area (Å²) >= 11 is 0. The van der Waals surface area contributed by atoms with Crippen LogP contribution < -0.4 is 26.3 Å². The molecule has 3 N–H and O–H groups in total. The Morgan fingerprint density at radius 2 is 1.83 bits per heavy atom. The highest BCUT2D eigenvalue weighted by Gasteiger charge is 2.43. The first-order valence-corrected chi connectivity index (χ1v) is 8.10. The molecular weight excluding hydrogens is 303 g/mol. The van der Waals surface area contributed by atoms with Crippen molar-refractivity contribution in [1.29, 1.82) is 0 Å². The predicted octanol–water partition coefficient (Wildman–Crippen LogP) is 0.353. The Bertz CT molecular complexity index is 663. The van der Waals surface area contributed by atoms with Gasteiger partial charge in [-0.2, -0.15) is 0 Å². The quantitative estimate of drug-likeness (QED) is 0.551. The van der Waals surface area contributed by atoms with Gasteiger partial charge in [-0.05, 0) is 47.0 Å². The number of ether oxygens (including phenoxy) is 1. The number of carbonyl (C=O) groups excluding carboxylic acids is 1. The van der Waals surface area contributed by atoms with Crippen LogP contribution in [0.2, 0.25) is 0 Å². The summed E-state index contributed by atoms with van der Waals surface area (Å²) in [5.74, 6) is -0.886. The second-order valence-corrected chi connectivity index (χ2v) is 6.91. The molecule has 130 valence electrons. The largest absolute Gasteiger partial charge is 0.443 e. The minimum absolute atomic E-state index is 0.414. The van der Waals surface area contributed by atoms with E-state index < -0.39 is 17.5 Å². The van der Waals surface area contributed by atoms with Crippen molar-refractivity contribution in [2.24, 2.45) is 0 Å². The van der Waals surface area contributed by atoms with Crippen LogP contribution in [0.3, 0.4) is 0 Å². The summed E-state index contributed by atoms with van der Waals surface area (Å²) in [6.07, 6.45) is 1.54. The van der Waals surface area contributed by atoms with Gasteiger partial charge in [0.2, 0.25) is 0 Å². The van der Waals surface area contributed by atoms with E-state index in [1.165, 1.54) is 0 Å². The zero-order chi connectivity index (χ0) is 18.1. The summed E-state index contributed by atoms with van der Waals surface area (Å²) in [5.41, 5.74) is 3.23. The fourth-order valence-corrected chi connectivity index (χ4v) is 2.85. The molecular formula is C17H27BN4O2. The Labute approximate surface area is 145 Å². The molecule has 0 saturated carbocycles. The maximum absolute atomic E-state index is 13.0. The highest BCUT2D eigenvalue weighted by molar-refractivity contribution is 6.32. The van der Waals surface area contributed by atoms with Gasteiger partial charge in [-0.15, -0.1) is 0 Å². The average Bonchev–Trinajstić information content (AvgIpc) is 2.51. The van der Waals surface area contributed by atoms with Crippen molar-refractivity contribution in [3.8, 4) is 0 Å². The summed E-state index contributed by atoms with van der Waals surface area (Å²) in [7, 11) is 7.51. The number of hydrogen-bond donors (Lipinski definition) is 3. The number of amides is 1. The maximum Gasteiger partial charge on any atom is 0.417 e. The third kappa shape index (κ3) is 3.27. The van der Waals surface area contributed by atoms with Crippen LogP contribution in [0.25, 0.3) is 5.70 Å². The lowest BCUT2D eigenvalue weighted by Gasteiger charge is -2.45. The summed E-state index contributed by atoms with van der Waals surface area (Å²) in [6, 6.07) is 6.00. The Kier molecular flexibility index (Phi) is 4.96. The van der Waals surface area contributed by atoms with Gasteiger partial charge in [0.1, 0.15) is 13.4 Å². The van der Waals surface area contributed by atoms with Crippen molar-refractivity contribution in [3.05, 3.63) is 29.8 Å². The van der Waals surface area contributed by atoms with Gasteiger partial charge in [0.05, 0.1) is 5.69 Å². The molecule has 7 heteroatoms. The number of fused-ring (bicyclic) bond motifs is 1. The van der Waals surface area contributed by atoms with E-state index in [0.29, 0.717) is 0 Å². The zero-order valence-corrected chi connectivity index (χ0v) is 15.6. The van der Waals surface area contributed by atoms with Gasteiger partial charge < -0.3 is 10.1 Å². The lowest BCUT2D eigenvalue weighted by Crippen LogP contribution is -2.68. The van der Waals surface area contributed by atoms with Crippen LogP contribution in [-0.2, 0) is 4.74 Å². The van der Waals surface area contributed by atoms with E-state index in [-0.39, 0.29) is 0 Å². The molecule has 0 aliphatic carbocycles. The van der Waals surface area contributed by atoms with Crippen LogP contribution >= 0.6 is 0 Å². The summed E-state index contributed by atoms with van der Waals surface area (Å²) in [6.45, 7) is 5.58. The Balaban J connectivity index is 2.65. The molecule has 2 rings (SSSR count). The summed E-state index contributed by atoms with van der Waals surface area (Å²) < 4.78 is 5.65. The fourth-order valence-electron chi connectivity index (χ4n) is 2.85. The molecule has 1 amide bonds. The van der Waals surface area contributed by atoms with Gasteiger partial charge >= 0.3 is 6.09 Å². The standard InChI is InChI=1S/C17H27BN4O2/c1-16(2,3)24-15(23)22-14-8-7-11(18)9-12(14)13(19-4)10-17(22,20-5)21-6/h7-10,19-21H,18H2,1-6H3. The van der Waals surface area contributed by atoms with E-state index in [1.54, 1.807) is 19.0 Å². The Morgan fingerprint density at radius 3 is 2.33 bits per heavy atom. The number of nitrogens with zero attached hydrogens (tertiary/aromatic N) is 1. The van der Waals surface area contributed by atoms with Crippen molar-refractivity contribution in [2.75, 3.05) is 26.0 Å². The summed E-state index contributed by atoms with van der Waals surface area (Å²) in [5, 5.41) is 9.62. The van der Waals surface area contributed by atoms with Gasteiger partial charge in [0.25, 0.3) is 0 Å². The minimum atomic E-state index is -0.886. The molecule has 0 atom stereocenters. The van der Waals surface area contributed by atoms with Crippen molar-refractivity contribution >= 4 is 30.8 Å². The first-order chi connectivity index (χ1) is 11.2. The van der Waals surface area contributed by atoms with E-state index in [9.17, 15) is 4.79 Å². The number of benzene rings is 1. The summed E-state index contributed by atoms with van der Waals surface area (Å²) in [4.78, 5) is 14.6. The number of rotatable bonds is 3. The second-order valence-electron chi connectivity index (χ2n) is 6.91. The van der Waals surface area contributed by atoms with Crippen LogP contribution in [0.4, 0.5) is 10.5 Å². The number of likely N-dealkylation sites (N-methyl/N-ethyl adjacent to an activating group) is 2. The van der Waals surface area contributed by atoms with Crippen LogP contribution in [0.5, 0.6) is 0 Å². The van der Waals surface area contributed by atoms with Crippen LogP contribution in [0.15, 0.2) is 24.3 Å². The van der Waals surface area contributed by atoms with Crippen molar-refractivity contribution in [1.82, 2.24) is 16.0 Å². The smallest absolute Gasteiger partial charge is 0.417 e. The van der Waals surface area contributed by atoms with E-state index in [1.807, 2.05) is 53.9 Å². The molecule has 0 bridgehead atoms. The molecule has 0 aromatic heterocycles. The number of anilines is 1. The van der Waals surface area contributed by atoms with Gasteiger partial charge in [0, 0.05) is 18.3 Å². The Morgan fingerprint density at radius 1 is 1.21 bits per heavy atom. The zero-order valence-electron chi connectivity index (χ0n) is 15.6. The molecule has 1 heterocycles. The van der Waals surface area contributed by atoms with Crippen molar-refractivity contribution in [3.63, 3.8) is 0 Å². The number of hydrogen-bond acceptors (Lipinski definition) is 5. The molecule has 0 unspecified atom stereocenters. The fraction of sp³-hybridized carbons (Fsp3) is 0.471. The molecule has 0 spiro atoms. The average molecular weight is 330 g/mol.